The summed E-state index contributed by atoms with van der Waals surface area (Å²) >= 11 is 11.4. The van der Waals surface area contributed by atoms with E-state index in [4.69, 9.17) is 16.7 Å². The maximum atomic E-state index is 12.1. The van der Waals surface area contributed by atoms with Gasteiger partial charge in [0.05, 0.1) is 16.3 Å². The summed E-state index contributed by atoms with van der Waals surface area (Å²) in [6, 6.07) is 5.01. The van der Waals surface area contributed by atoms with Crippen LogP contribution in [0.25, 0.3) is 0 Å². The third-order valence-electron chi connectivity index (χ3n) is 2.14. The first-order valence-electron chi connectivity index (χ1n) is 5.41. The molecule has 0 unspecified atom stereocenters. The molecule has 0 spiro atoms. The molecule has 1 heterocycles. The topological polar surface area (TPSA) is 92.2 Å². The lowest BCUT2D eigenvalue weighted by Gasteiger charge is -2.04. The number of hydrogen-bond acceptors (Lipinski definition) is 6. The third kappa shape index (κ3) is 4.40. The second-order valence-corrected chi connectivity index (χ2v) is 7.04. The number of nitrogens with one attached hydrogen (secondary N) is 1. The molecule has 0 aliphatic rings. The summed E-state index contributed by atoms with van der Waals surface area (Å²) < 4.78 is 1.08. The number of carbonyl (C=O) groups excluding carboxylic acids is 1. The second-order valence-electron chi connectivity index (χ2n) is 3.61. The Hall–Kier alpha value is -1.16. The fraction of sp³-hybridized carbons (Fsp3) is 0.0909. The Bertz CT molecular complexity index is 695. The van der Waals surface area contributed by atoms with Gasteiger partial charge in [0.25, 0.3) is 5.91 Å². The van der Waals surface area contributed by atoms with Gasteiger partial charge >= 0.3 is 5.97 Å². The van der Waals surface area contributed by atoms with Crippen molar-refractivity contribution in [1.29, 1.82) is 0 Å². The summed E-state index contributed by atoms with van der Waals surface area (Å²) in [7, 11) is 0. The number of rotatable bonds is 5. The van der Waals surface area contributed by atoms with E-state index < -0.39 is 11.9 Å². The van der Waals surface area contributed by atoms with Crippen molar-refractivity contribution in [3.8, 4) is 0 Å². The summed E-state index contributed by atoms with van der Waals surface area (Å²) in [5.41, 5.74) is 0.306. The SMILES string of the molecule is O=C(O)CSc1nnc(NC(=O)c2cccc(Br)c2Cl)s1. The highest BCUT2D eigenvalue weighted by Crippen LogP contribution is 2.28. The molecule has 0 atom stereocenters. The second kappa shape index (κ2) is 7.21. The highest BCUT2D eigenvalue weighted by molar-refractivity contribution is 9.10. The van der Waals surface area contributed by atoms with Crippen molar-refractivity contribution < 1.29 is 14.7 Å². The molecule has 1 aromatic carbocycles. The number of aliphatic carboxylic acids is 1. The molecule has 0 saturated heterocycles. The maximum absolute atomic E-state index is 12.1. The number of nitrogens with zero attached hydrogens (tertiary/aromatic N) is 2. The largest absolute Gasteiger partial charge is 0.481 e. The standard InChI is InChI=1S/C11H7BrClN3O3S2/c12-6-3-1-2-5(8(6)13)9(19)14-10-15-16-11(21-10)20-4-7(17)18/h1-3H,4H2,(H,17,18)(H,14,15,19). The lowest BCUT2D eigenvalue weighted by molar-refractivity contribution is -0.133. The predicted molar refractivity (Wildman–Crippen MR) is 85.4 cm³/mol. The minimum Gasteiger partial charge on any atom is -0.481 e. The Kier molecular flexibility index (Phi) is 5.57. The molecule has 6 nitrogen and oxygen atoms in total. The predicted octanol–water partition coefficient (Wildman–Crippen LogP) is 3.38. The lowest BCUT2D eigenvalue weighted by atomic mass is 10.2. The number of benzene rings is 1. The highest BCUT2D eigenvalue weighted by Gasteiger charge is 2.15. The van der Waals surface area contributed by atoms with E-state index >= 15 is 0 Å². The van der Waals surface area contributed by atoms with Gasteiger partial charge in [0.15, 0.2) is 4.34 Å². The molecule has 2 rings (SSSR count). The molecule has 0 aliphatic carbocycles. The normalized spacial score (nSPS) is 10.4. The van der Waals surface area contributed by atoms with Gasteiger partial charge in [0.2, 0.25) is 5.13 Å². The van der Waals surface area contributed by atoms with Crippen molar-refractivity contribution in [1.82, 2.24) is 10.2 Å². The Morgan fingerprint density at radius 1 is 1.43 bits per heavy atom. The number of anilines is 1. The van der Waals surface area contributed by atoms with E-state index in [2.05, 4.69) is 31.4 Å². The first kappa shape index (κ1) is 16.2. The van der Waals surface area contributed by atoms with Crippen LogP contribution in [-0.4, -0.2) is 32.9 Å². The molecule has 0 aliphatic heterocycles. The molecule has 1 amide bonds. The molecular weight excluding hydrogens is 402 g/mol. The van der Waals surface area contributed by atoms with Crippen LogP contribution < -0.4 is 5.32 Å². The molecule has 10 heteroatoms. The van der Waals surface area contributed by atoms with Gasteiger partial charge in [0.1, 0.15) is 0 Å². The number of amides is 1. The number of thioether (sulfide) groups is 1. The first-order chi connectivity index (χ1) is 9.97. The van der Waals surface area contributed by atoms with Crippen LogP contribution in [0.1, 0.15) is 10.4 Å². The van der Waals surface area contributed by atoms with Crippen molar-refractivity contribution >= 4 is 67.6 Å². The number of carboxylic acids is 1. The van der Waals surface area contributed by atoms with Crippen LogP contribution in [0, 0.1) is 0 Å². The molecule has 110 valence electrons. The van der Waals surface area contributed by atoms with Gasteiger partial charge in [-0.15, -0.1) is 10.2 Å². The maximum Gasteiger partial charge on any atom is 0.313 e. The molecule has 0 radical (unpaired) electrons. The van der Waals surface area contributed by atoms with E-state index in [1.165, 1.54) is 0 Å². The summed E-state index contributed by atoms with van der Waals surface area (Å²) in [4.78, 5) is 22.5. The van der Waals surface area contributed by atoms with E-state index in [1.54, 1.807) is 18.2 Å². The average Bonchev–Trinajstić information content (AvgIpc) is 2.87. The zero-order valence-corrected chi connectivity index (χ0v) is 14.1. The number of halogens is 2. The number of aromatic nitrogens is 2. The summed E-state index contributed by atoms with van der Waals surface area (Å²) in [6.07, 6.45) is 0. The average molecular weight is 409 g/mol. The molecule has 21 heavy (non-hydrogen) atoms. The number of hydrogen-bond donors (Lipinski definition) is 2. The van der Waals surface area contributed by atoms with Crippen molar-refractivity contribution in [2.45, 2.75) is 4.34 Å². The number of carboxylic acid groups (broad SMARTS) is 1. The van der Waals surface area contributed by atoms with Crippen molar-refractivity contribution in [3.63, 3.8) is 0 Å². The smallest absolute Gasteiger partial charge is 0.313 e. The summed E-state index contributed by atoms with van der Waals surface area (Å²) in [5, 5.41) is 19.3. The van der Waals surface area contributed by atoms with Gasteiger partial charge in [0, 0.05) is 4.47 Å². The van der Waals surface area contributed by atoms with Gasteiger partial charge in [-0.3, -0.25) is 14.9 Å². The molecule has 2 N–H and O–H groups in total. The highest BCUT2D eigenvalue weighted by atomic mass is 79.9. The Balaban J connectivity index is 2.06. The Morgan fingerprint density at radius 3 is 2.90 bits per heavy atom. The van der Waals surface area contributed by atoms with Gasteiger partial charge in [-0.2, -0.15) is 0 Å². The fourth-order valence-electron chi connectivity index (χ4n) is 1.29. The molecule has 0 fully saturated rings. The monoisotopic (exact) mass is 407 g/mol. The van der Waals surface area contributed by atoms with Crippen molar-refractivity contribution in [3.05, 3.63) is 33.3 Å². The van der Waals surface area contributed by atoms with Crippen LogP contribution in [0.2, 0.25) is 5.02 Å². The number of carbonyl (C=O) groups is 2. The van der Waals surface area contributed by atoms with Gasteiger partial charge in [-0.1, -0.05) is 40.8 Å². The van der Waals surface area contributed by atoms with E-state index in [-0.39, 0.29) is 10.9 Å². The molecule has 1 aromatic heterocycles. The summed E-state index contributed by atoms with van der Waals surface area (Å²) in [6.45, 7) is 0. The van der Waals surface area contributed by atoms with Crippen molar-refractivity contribution in [2.24, 2.45) is 0 Å². The zero-order chi connectivity index (χ0) is 15.4. The minimum atomic E-state index is -0.943. The van der Waals surface area contributed by atoms with Crippen LogP contribution in [0.4, 0.5) is 5.13 Å². The molecule has 2 aromatic rings. The van der Waals surface area contributed by atoms with Gasteiger partial charge < -0.3 is 5.11 Å². The first-order valence-corrected chi connectivity index (χ1v) is 8.38. The van der Waals surface area contributed by atoms with Gasteiger partial charge in [-0.25, -0.2) is 0 Å². The fourth-order valence-corrected chi connectivity index (χ4v) is 3.33. The molecule has 0 saturated carbocycles. The molecule has 0 bridgehead atoms. The summed E-state index contributed by atoms with van der Waals surface area (Å²) in [5.74, 6) is -1.46. The Labute approximate surface area is 141 Å². The van der Waals surface area contributed by atoms with Crippen molar-refractivity contribution in [2.75, 3.05) is 11.1 Å². The minimum absolute atomic E-state index is 0.111. The van der Waals surface area contributed by atoms with Crippen LogP contribution in [0.3, 0.4) is 0 Å². The van der Waals surface area contributed by atoms with Crippen LogP contribution in [0.15, 0.2) is 27.0 Å². The van der Waals surface area contributed by atoms with Crippen LogP contribution >= 0.6 is 50.6 Å². The molecular formula is C11H7BrClN3O3S2. The van der Waals surface area contributed by atoms with E-state index in [1.807, 2.05) is 0 Å². The Morgan fingerprint density at radius 2 is 2.19 bits per heavy atom. The van der Waals surface area contributed by atoms with E-state index in [0.717, 1.165) is 23.1 Å². The van der Waals surface area contributed by atoms with Crippen LogP contribution in [0.5, 0.6) is 0 Å². The van der Waals surface area contributed by atoms with E-state index in [0.29, 0.717) is 19.4 Å². The van der Waals surface area contributed by atoms with Gasteiger partial charge in [-0.05, 0) is 28.1 Å². The van der Waals surface area contributed by atoms with Crippen LogP contribution in [-0.2, 0) is 4.79 Å². The lowest BCUT2D eigenvalue weighted by Crippen LogP contribution is -2.12. The van der Waals surface area contributed by atoms with E-state index in [9.17, 15) is 9.59 Å². The third-order valence-corrected chi connectivity index (χ3v) is 5.40. The quantitative estimate of drug-likeness (QED) is 0.582. The zero-order valence-electron chi connectivity index (χ0n) is 10.2.